The average molecular weight is 238 g/mol. The van der Waals surface area contributed by atoms with Crippen molar-refractivity contribution in [1.82, 2.24) is 10.1 Å². The molecule has 0 bridgehead atoms. The van der Waals surface area contributed by atoms with Crippen LogP contribution in [0.2, 0.25) is 0 Å². The van der Waals surface area contributed by atoms with Gasteiger partial charge in [-0.15, -0.1) is 11.3 Å². The van der Waals surface area contributed by atoms with Crippen molar-refractivity contribution in [3.8, 4) is 0 Å². The molecule has 2 unspecified atom stereocenters. The zero-order valence-corrected chi connectivity index (χ0v) is 10.1. The summed E-state index contributed by atoms with van der Waals surface area (Å²) in [5, 5.41) is 15.3. The number of aromatic nitrogens is 2. The normalized spacial score (nSPS) is 14.9. The molecule has 0 saturated carbocycles. The van der Waals surface area contributed by atoms with E-state index in [2.05, 4.69) is 10.1 Å². The first-order valence-corrected chi connectivity index (χ1v) is 6.07. The maximum Gasteiger partial charge on any atom is 0.232 e. The highest BCUT2D eigenvalue weighted by molar-refractivity contribution is 7.09. The van der Waals surface area contributed by atoms with Crippen LogP contribution in [-0.2, 0) is 6.42 Å². The summed E-state index contributed by atoms with van der Waals surface area (Å²) < 4.78 is 5.12. The summed E-state index contributed by atoms with van der Waals surface area (Å²) in [5.41, 5.74) is 0. The average Bonchev–Trinajstić information content (AvgIpc) is 2.88. The Morgan fingerprint density at radius 2 is 2.31 bits per heavy atom. The van der Waals surface area contributed by atoms with Gasteiger partial charge in [-0.3, -0.25) is 0 Å². The molecule has 5 heteroatoms. The first kappa shape index (κ1) is 11.3. The van der Waals surface area contributed by atoms with Gasteiger partial charge in [0.1, 0.15) is 0 Å². The quantitative estimate of drug-likeness (QED) is 0.887. The van der Waals surface area contributed by atoms with Crippen molar-refractivity contribution in [2.24, 2.45) is 0 Å². The van der Waals surface area contributed by atoms with Crippen LogP contribution in [0.25, 0.3) is 0 Å². The van der Waals surface area contributed by atoms with Crippen LogP contribution in [-0.4, -0.2) is 21.4 Å². The van der Waals surface area contributed by atoms with Crippen molar-refractivity contribution < 1.29 is 9.63 Å². The van der Waals surface area contributed by atoms with Gasteiger partial charge in [0.25, 0.3) is 0 Å². The molecule has 16 heavy (non-hydrogen) atoms. The Balaban J connectivity index is 2.08. The summed E-state index contributed by atoms with van der Waals surface area (Å²) in [4.78, 5) is 5.48. The lowest BCUT2D eigenvalue weighted by molar-refractivity contribution is 0.151. The van der Waals surface area contributed by atoms with Crippen LogP contribution in [0.5, 0.6) is 0 Å². The lowest BCUT2D eigenvalue weighted by Gasteiger charge is -2.07. The number of thiophene rings is 1. The minimum absolute atomic E-state index is 0.121. The van der Waals surface area contributed by atoms with Gasteiger partial charge in [0, 0.05) is 11.3 Å². The van der Waals surface area contributed by atoms with E-state index in [1.54, 1.807) is 18.3 Å². The smallest absolute Gasteiger partial charge is 0.232 e. The summed E-state index contributed by atoms with van der Waals surface area (Å²) in [7, 11) is 0. The largest absolute Gasteiger partial charge is 0.393 e. The minimum atomic E-state index is -0.477. The summed E-state index contributed by atoms with van der Waals surface area (Å²) in [5.74, 6) is 1.05. The van der Waals surface area contributed by atoms with Crippen molar-refractivity contribution in [3.63, 3.8) is 0 Å². The van der Waals surface area contributed by atoms with E-state index in [9.17, 15) is 5.11 Å². The van der Waals surface area contributed by atoms with Crippen molar-refractivity contribution in [3.05, 3.63) is 34.1 Å². The molecule has 0 aliphatic rings. The molecule has 0 aliphatic carbocycles. The molecule has 2 atom stereocenters. The lowest BCUT2D eigenvalue weighted by atomic mass is 10.1. The number of rotatable bonds is 4. The van der Waals surface area contributed by atoms with Gasteiger partial charge in [-0.05, 0) is 18.4 Å². The van der Waals surface area contributed by atoms with E-state index >= 15 is 0 Å². The van der Waals surface area contributed by atoms with Gasteiger partial charge in [0.2, 0.25) is 5.89 Å². The van der Waals surface area contributed by atoms with E-state index in [1.165, 1.54) is 4.88 Å². The highest BCUT2D eigenvalue weighted by atomic mass is 32.1. The van der Waals surface area contributed by atoms with Crippen LogP contribution in [0.1, 0.15) is 36.4 Å². The van der Waals surface area contributed by atoms with Crippen LogP contribution >= 0.6 is 11.3 Å². The number of hydrogen-bond donors (Lipinski definition) is 1. The van der Waals surface area contributed by atoms with Gasteiger partial charge in [-0.25, -0.2) is 0 Å². The lowest BCUT2D eigenvalue weighted by Crippen LogP contribution is -2.11. The fourth-order valence-electron chi connectivity index (χ4n) is 1.30. The van der Waals surface area contributed by atoms with E-state index in [0.29, 0.717) is 18.1 Å². The topological polar surface area (TPSA) is 59.2 Å². The second-order valence-corrected chi connectivity index (χ2v) is 4.87. The zero-order chi connectivity index (χ0) is 11.5. The van der Waals surface area contributed by atoms with Gasteiger partial charge in [-0.1, -0.05) is 18.1 Å². The van der Waals surface area contributed by atoms with E-state index in [0.717, 1.165) is 0 Å². The molecule has 0 amide bonds. The Bertz CT molecular complexity index is 437. The van der Waals surface area contributed by atoms with Crippen LogP contribution in [0.3, 0.4) is 0 Å². The Morgan fingerprint density at radius 3 is 2.94 bits per heavy atom. The maximum atomic E-state index is 9.41. The highest BCUT2D eigenvalue weighted by Crippen LogP contribution is 2.18. The fourth-order valence-corrected chi connectivity index (χ4v) is 2.00. The second kappa shape index (κ2) is 4.76. The summed E-state index contributed by atoms with van der Waals surface area (Å²) in [6.07, 6.45) is 0.211. The first-order chi connectivity index (χ1) is 7.66. The zero-order valence-electron chi connectivity index (χ0n) is 9.25. The molecule has 2 aromatic heterocycles. The molecular formula is C11H14N2O2S. The Morgan fingerprint density at radius 1 is 1.50 bits per heavy atom. The maximum absolute atomic E-state index is 9.41. The number of aliphatic hydroxyl groups excluding tert-OH is 1. The minimum Gasteiger partial charge on any atom is -0.393 e. The van der Waals surface area contributed by atoms with Gasteiger partial charge < -0.3 is 9.63 Å². The van der Waals surface area contributed by atoms with Gasteiger partial charge in [0.15, 0.2) is 5.82 Å². The molecule has 0 saturated heterocycles. The summed E-state index contributed by atoms with van der Waals surface area (Å²) >= 11 is 1.67. The molecule has 4 nitrogen and oxygen atoms in total. The van der Waals surface area contributed by atoms with E-state index < -0.39 is 6.10 Å². The molecular weight excluding hydrogens is 224 g/mol. The fraction of sp³-hybridized carbons (Fsp3) is 0.455. The molecule has 0 radical (unpaired) electrons. The third-order valence-corrected chi connectivity index (χ3v) is 3.39. The molecule has 0 fully saturated rings. The molecule has 86 valence electrons. The van der Waals surface area contributed by atoms with Crippen LogP contribution < -0.4 is 0 Å². The monoisotopic (exact) mass is 238 g/mol. The molecule has 2 heterocycles. The first-order valence-electron chi connectivity index (χ1n) is 5.19. The molecule has 1 N–H and O–H groups in total. The van der Waals surface area contributed by atoms with Crippen LogP contribution in [0.15, 0.2) is 22.0 Å². The highest BCUT2D eigenvalue weighted by Gasteiger charge is 2.18. The Labute approximate surface area is 97.9 Å². The molecule has 0 spiro atoms. The van der Waals surface area contributed by atoms with Gasteiger partial charge >= 0.3 is 0 Å². The number of hydrogen-bond acceptors (Lipinski definition) is 5. The van der Waals surface area contributed by atoms with E-state index in [4.69, 9.17) is 4.52 Å². The molecule has 2 aromatic rings. The summed E-state index contributed by atoms with van der Waals surface area (Å²) in [6, 6.07) is 4.04. The standard InChI is InChI=1S/C11H14N2O2S/c1-7(8(2)14)11-12-10(13-15-11)6-9-4-3-5-16-9/h3-5,7-8,14H,6H2,1-2H3. The van der Waals surface area contributed by atoms with Crippen molar-refractivity contribution in [1.29, 1.82) is 0 Å². The Kier molecular flexibility index (Phi) is 3.36. The summed E-state index contributed by atoms with van der Waals surface area (Å²) in [6.45, 7) is 3.58. The van der Waals surface area contributed by atoms with E-state index in [1.807, 2.05) is 24.4 Å². The van der Waals surface area contributed by atoms with Gasteiger partial charge in [-0.2, -0.15) is 4.98 Å². The molecule has 0 aromatic carbocycles. The SMILES string of the molecule is CC(O)C(C)c1nc(Cc2cccs2)no1. The predicted octanol–water partition coefficient (Wildman–Crippen LogP) is 2.21. The van der Waals surface area contributed by atoms with Crippen molar-refractivity contribution >= 4 is 11.3 Å². The van der Waals surface area contributed by atoms with Crippen LogP contribution in [0.4, 0.5) is 0 Å². The van der Waals surface area contributed by atoms with E-state index in [-0.39, 0.29) is 5.92 Å². The van der Waals surface area contributed by atoms with Crippen LogP contribution in [0, 0.1) is 0 Å². The second-order valence-electron chi connectivity index (χ2n) is 3.83. The predicted molar refractivity (Wildman–Crippen MR) is 61.5 cm³/mol. The van der Waals surface area contributed by atoms with Crippen molar-refractivity contribution in [2.75, 3.05) is 0 Å². The molecule has 2 rings (SSSR count). The number of aliphatic hydroxyl groups is 1. The third-order valence-electron chi connectivity index (χ3n) is 2.51. The Hall–Kier alpha value is -1.20. The third kappa shape index (κ3) is 2.48. The number of nitrogens with zero attached hydrogens (tertiary/aromatic N) is 2. The van der Waals surface area contributed by atoms with Gasteiger partial charge in [0.05, 0.1) is 12.0 Å². The van der Waals surface area contributed by atoms with Crippen molar-refractivity contribution in [2.45, 2.75) is 32.3 Å². The molecule has 0 aliphatic heterocycles.